The van der Waals surface area contributed by atoms with Crippen LogP contribution < -0.4 is 0 Å². The maximum atomic E-state index is 13.1. The van der Waals surface area contributed by atoms with Crippen LogP contribution in [0.25, 0.3) is 0 Å². The molecule has 0 unspecified atom stereocenters. The van der Waals surface area contributed by atoms with Crippen LogP contribution in [0, 0.1) is 20.2 Å². The van der Waals surface area contributed by atoms with Gasteiger partial charge in [0, 0.05) is 12.1 Å². The van der Waals surface area contributed by atoms with Gasteiger partial charge in [0.2, 0.25) is 0 Å². The van der Waals surface area contributed by atoms with Gasteiger partial charge in [-0.25, -0.2) is 4.21 Å². The lowest BCUT2D eigenvalue weighted by molar-refractivity contribution is -0.388. The average molecular weight is 482 g/mol. The first-order valence-electron chi connectivity index (χ1n) is 6.92. The Labute approximate surface area is 168 Å². The van der Waals surface area contributed by atoms with Crippen LogP contribution in [-0.2, 0) is 31.0 Å². The maximum Gasteiger partial charge on any atom is 0.295 e. The second-order valence-electron chi connectivity index (χ2n) is 5.32. The number of nitro groups is 2. The SMILES string of the molecule is O=[N+]([O-])c1ccc(S(=O)(=O)O)c2c1S(=O)c1c([N+](=O)[O-])ccc(S(=O)(=O)O)c1S2. The van der Waals surface area contributed by atoms with Crippen LogP contribution in [0.4, 0.5) is 11.4 Å². The highest BCUT2D eigenvalue weighted by atomic mass is 32.2. The minimum atomic E-state index is -5.01. The molecule has 2 N–H and O–H groups in total. The molecule has 0 aliphatic carbocycles. The molecule has 0 spiro atoms. The van der Waals surface area contributed by atoms with Gasteiger partial charge in [0.1, 0.15) is 30.4 Å². The molecule has 13 nitrogen and oxygen atoms in total. The molecule has 0 bridgehead atoms. The summed E-state index contributed by atoms with van der Waals surface area (Å²) in [5.74, 6) is 0. The number of nitro benzene ring substituents is 2. The zero-order valence-corrected chi connectivity index (χ0v) is 16.7. The molecular weight excluding hydrogens is 476 g/mol. The summed E-state index contributed by atoms with van der Waals surface area (Å²) in [4.78, 5) is 15.9. The average Bonchev–Trinajstić information content (AvgIpc) is 2.57. The minimum Gasteiger partial charge on any atom is -0.282 e. The van der Waals surface area contributed by atoms with Crippen LogP contribution in [0.2, 0.25) is 0 Å². The molecule has 1 aliphatic heterocycles. The smallest absolute Gasteiger partial charge is 0.282 e. The highest BCUT2D eigenvalue weighted by Crippen LogP contribution is 2.52. The number of benzene rings is 2. The Balaban J connectivity index is 2.52. The first-order chi connectivity index (χ1) is 13.2. The molecule has 0 atom stereocenters. The highest BCUT2D eigenvalue weighted by Gasteiger charge is 2.41. The van der Waals surface area contributed by atoms with Crippen LogP contribution in [0.1, 0.15) is 0 Å². The van der Waals surface area contributed by atoms with E-state index in [2.05, 4.69) is 0 Å². The second kappa shape index (κ2) is 6.82. The second-order valence-corrected chi connectivity index (χ2v) is 10.5. The fraction of sp³-hybridized carbons (Fsp3) is 0. The first-order valence-corrected chi connectivity index (χ1v) is 11.8. The Hall–Kier alpha value is -2.44. The van der Waals surface area contributed by atoms with Crippen molar-refractivity contribution in [2.45, 2.75) is 29.4 Å². The molecule has 17 heteroatoms. The van der Waals surface area contributed by atoms with Gasteiger partial charge in [0.25, 0.3) is 31.6 Å². The van der Waals surface area contributed by atoms with Crippen LogP contribution in [-0.4, -0.2) is 40.0 Å². The third kappa shape index (κ3) is 3.51. The van der Waals surface area contributed by atoms with Crippen molar-refractivity contribution >= 4 is 54.2 Å². The van der Waals surface area contributed by atoms with Gasteiger partial charge in [-0.2, -0.15) is 16.8 Å². The summed E-state index contributed by atoms with van der Waals surface area (Å²) in [6, 6.07) is 2.58. The number of nitrogens with zero attached hydrogens (tertiary/aromatic N) is 2. The summed E-state index contributed by atoms with van der Waals surface area (Å²) in [7, 11) is -12.8. The van der Waals surface area contributed by atoms with Gasteiger partial charge in [0.15, 0.2) is 0 Å². The third-order valence-corrected chi connectivity index (χ3v) is 8.77. The molecule has 29 heavy (non-hydrogen) atoms. The zero-order chi connectivity index (χ0) is 21.9. The molecule has 3 rings (SSSR count). The van der Waals surface area contributed by atoms with Crippen LogP contribution in [0.5, 0.6) is 0 Å². The van der Waals surface area contributed by atoms with Crippen molar-refractivity contribution in [1.29, 1.82) is 0 Å². The van der Waals surface area contributed by atoms with Crippen molar-refractivity contribution in [3.05, 3.63) is 44.5 Å². The standard InChI is InChI=1S/C12H6N2O11S4/c15-13(16)5-1-3-7(28(20,21)22)9-11(5)27(19)12-6(14(17)18)2-4-8(10(12)26-9)29(23,24)25/h1-4H,(H,20,21,22)(H,23,24,25). The van der Waals surface area contributed by atoms with Crippen LogP contribution in [0.15, 0.2) is 53.6 Å². The van der Waals surface area contributed by atoms with E-state index in [1.54, 1.807) is 0 Å². The molecule has 2 aromatic carbocycles. The van der Waals surface area contributed by atoms with E-state index in [0.29, 0.717) is 24.3 Å². The molecule has 0 saturated carbocycles. The predicted molar refractivity (Wildman–Crippen MR) is 94.6 cm³/mol. The monoisotopic (exact) mass is 482 g/mol. The molecule has 2 aromatic rings. The van der Waals surface area contributed by atoms with Gasteiger partial charge in [-0.05, 0) is 12.1 Å². The van der Waals surface area contributed by atoms with Crippen molar-refractivity contribution in [2.75, 3.05) is 0 Å². The highest BCUT2D eigenvalue weighted by molar-refractivity contribution is 8.02. The molecule has 1 heterocycles. The van der Waals surface area contributed by atoms with Crippen molar-refractivity contribution in [3.8, 4) is 0 Å². The van der Waals surface area contributed by atoms with Crippen molar-refractivity contribution in [3.63, 3.8) is 0 Å². The lowest BCUT2D eigenvalue weighted by Gasteiger charge is -2.21. The van der Waals surface area contributed by atoms with E-state index in [0.717, 1.165) is 0 Å². The van der Waals surface area contributed by atoms with E-state index in [1.807, 2.05) is 0 Å². The van der Waals surface area contributed by atoms with Crippen LogP contribution in [0.3, 0.4) is 0 Å². The molecule has 0 fully saturated rings. The number of hydrogen-bond donors (Lipinski definition) is 2. The number of fused-ring (bicyclic) bond motifs is 2. The maximum absolute atomic E-state index is 13.1. The number of rotatable bonds is 4. The van der Waals surface area contributed by atoms with Crippen LogP contribution >= 0.6 is 11.8 Å². The number of hydrogen-bond acceptors (Lipinski definition) is 10. The van der Waals surface area contributed by atoms with Gasteiger partial charge in [-0.3, -0.25) is 29.3 Å². The summed E-state index contributed by atoms with van der Waals surface area (Å²) >= 11 is 0.176. The minimum absolute atomic E-state index is 0.176. The molecule has 0 aromatic heterocycles. The van der Waals surface area contributed by atoms with E-state index in [-0.39, 0.29) is 11.8 Å². The molecular formula is C12H6N2O11S4. The molecule has 0 saturated heterocycles. The quantitative estimate of drug-likeness (QED) is 0.308. The van der Waals surface area contributed by atoms with Crippen molar-refractivity contribution in [2.24, 2.45) is 0 Å². The van der Waals surface area contributed by atoms with Gasteiger partial charge in [0.05, 0.1) is 19.6 Å². The van der Waals surface area contributed by atoms with Crippen molar-refractivity contribution in [1.82, 2.24) is 0 Å². The van der Waals surface area contributed by atoms with Crippen molar-refractivity contribution < 1.29 is 40.0 Å². The Morgan fingerprint density at radius 1 is 0.793 bits per heavy atom. The Kier molecular flexibility index (Phi) is 5.00. The molecule has 1 aliphatic rings. The Morgan fingerprint density at radius 3 is 1.41 bits per heavy atom. The topological polar surface area (TPSA) is 212 Å². The zero-order valence-electron chi connectivity index (χ0n) is 13.4. The lowest BCUT2D eigenvalue weighted by atomic mass is 10.3. The Bertz CT molecular complexity index is 1250. The van der Waals surface area contributed by atoms with E-state index in [4.69, 9.17) is 0 Å². The lowest BCUT2D eigenvalue weighted by Crippen LogP contribution is -2.14. The summed E-state index contributed by atoms with van der Waals surface area (Å²) in [6.07, 6.45) is 0. The molecule has 154 valence electrons. The van der Waals surface area contributed by atoms with E-state index in [9.17, 15) is 50.4 Å². The van der Waals surface area contributed by atoms with Gasteiger partial charge < -0.3 is 0 Å². The summed E-state index contributed by atoms with van der Waals surface area (Å²) in [5, 5.41) is 22.6. The van der Waals surface area contributed by atoms with E-state index < -0.39 is 81.6 Å². The third-order valence-electron chi connectivity index (χ3n) is 3.63. The van der Waals surface area contributed by atoms with Gasteiger partial charge in [-0.15, -0.1) is 0 Å². The van der Waals surface area contributed by atoms with Gasteiger partial charge in [-0.1, -0.05) is 11.8 Å². The summed E-state index contributed by atoms with van der Waals surface area (Å²) in [6.45, 7) is 0. The summed E-state index contributed by atoms with van der Waals surface area (Å²) < 4.78 is 78.5. The largest absolute Gasteiger partial charge is 0.295 e. The fourth-order valence-electron chi connectivity index (χ4n) is 2.52. The molecule has 0 radical (unpaired) electrons. The predicted octanol–water partition coefficient (Wildman–Crippen LogP) is 1.63. The van der Waals surface area contributed by atoms with Gasteiger partial charge >= 0.3 is 0 Å². The fourth-order valence-corrected chi connectivity index (χ4v) is 7.75. The first kappa shape index (κ1) is 21.3. The van der Waals surface area contributed by atoms with E-state index in [1.165, 1.54) is 0 Å². The normalized spacial score (nSPS) is 14.1. The summed E-state index contributed by atoms with van der Waals surface area (Å²) in [5.41, 5.74) is -1.73. The Morgan fingerprint density at radius 2 is 1.14 bits per heavy atom. The van der Waals surface area contributed by atoms with E-state index >= 15 is 0 Å². The molecule has 0 amide bonds.